The van der Waals surface area contributed by atoms with Crippen LogP contribution in [0.3, 0.4) is 0 Å². The minimum absolute atomic E-state index is 0.0327. The van der Waals surface area contributed by atoms with Crippen molar-refractivity contribution < 1.29 is 9.53 Å². The van der Waals surface area contributed by atoms with E-state index in [9.17, 15) is 4.79 Å². The first-order valence-electron chi connectivity index (χ1n) is 3.84. The molecule has 0 N–H and O–H groups in total. The molecule has 0 unspecified atom stereocenters. The predicted octanol–water partition coefficient (Wildman–Crippen LogP) is 2.36. The summed E-state index contributed by atoms with van der Waals surface area (Å²) in [7, 11) is 0. The Kier molecular flexibility index (Phi) is 6.91. The summed E-state index contributed by atoms with van der Waals surface area (Å²) in [6.07, 6.45) is 1.39. The van der Waals surface area contributed by atoms with Crippen molar-refractivity contribution in [3.05, 3.63) is 22.8 Å². The maximum atomic E-state index is 11.2. The fourth-order valence-corrected chi connectivity index (χ4v) is 1.10. The van der Waals surface area contributed by atoms with Gasteiger partial charge in [0.1, 0.15) is 11.6 Å². The van der Waals surface area contributed by atoms with E-state index in [0.717, 1.165) is 0 Å². The number of nitriles is 1. The van der Waals surface area contributed by atoms with Crippen LogP contribution in [0.5, 0.6) is 0 Å². The van der Waals surface area contributed by atoms with Gasteiger partial charge in [-0.15, -0.1) is 11.6 Å². The van der Waals surface area contributed by atoms with Crippen molar-refractivity contribution in [2.75, 3.05) is 12.5 Å². The predicted molar refractivity (Wildman–Crippen MR) is 55.0 cm³/mol. The SMILES string of the molecule is CCOC(=O)/C(C#N)=C(/C=C/Cl)CCl. The lowest BCUT2D eigenvalue weighted by molar-refractivity contribution is -0.138. The van der Waals surface area contributed by atoms with Gasteiger partial charge < -0.3 is 4.74 Å². The maximum absolute atomic E-state index is 11.2. The smallest absolute Gasteiger partial charge is 0.349 e. The van der Waals surface area contributed by atoms with Crippen molar-refractivity contribution in [3.8, 4) is 6.07 Å². The van der Waals surface area contributed by atoms with E-state index >= 15 is 0 Å². The topological polar surface area (TPSA) is 50.1 Å². The Morgan fingerprint density at radius 1 is 1.64 bits per heavy atom. The standard InChI is InChI=1S/C9H9Cl2NO2/c1-2-14-9(13)8(6-12)7(5-11)3-4-10/h3-4H,2,5H2,1H3/b4-3+,8-7-. The summed E-state index contributed by atoms with van der Waals surface area (Å²) in [5, 5.41) is 8.71. The number of alkyl halides is 1. The lowest BCUT2D eigenvalue weighted by atomic mass is 10.1. The number of ether oxygens (including phenoxy) is 1. The van der Waals surface area contributed by atoms with Crippen LogP contribution < -0.4 is 0 Å². The summed E-state index contributed by atoms with van der Waals surface area (Å²) in [6.45, 7) is 1.87. The molecule has 0 aliphatic heterocycles. The van der Waals surface area contributed by atoms with E-state index < -0.39 is 5.97 Å². The summed E-state index contributed by atoms with van der Waals surface area (Å²) in [4.78, 5) is 11.2. The van der Waals surface area contributed by atoms with Gasteiger partial charge in [-0.3, -0.25) is 0 Å². The molecule has 0 saturated carbocycles. The van der Waals surface area contributed by atoms with Crippen LogP contribution in [0, 0.1) is 11.3 Å². The highest BCUT2D eigenvalue weighted by atomic mass is 35.5. The first-order chi connectivity index (χ1) is 6.71. The second-order valence-electron chi connectivity index (χ2n) is 2.16. The lowest BCUT2D eigenvalue weighted by Crippen LogP contribution is -2.09. The molecular weight excluding hydrogens is 225 g/mol. The molecule has 14 heavy (non-hydrogen) atoms. The third-order valence-corrected chi connectivity index (χ3v) is 1.73. The monoisotopic (exact) mass is 233 g/mol. The third-order valence-electron chi connectivity index (χ3n) is 1.32. The number of allylic oxidation sites excluding steroid dienone is 2. The third kappa shape index (κ3) is 3.82. The van der Waals surface area contributed by atoms with E-state index in [4.69, 9.17) is 28.5 Å². The maximum Gasteiger partial charge on any atom is 0.349 e. The fraction of sp³-hybridized carbons (Fsp3) is 0.333. The largest absolute Gasteiger partial charge is 0.462 e. The molecule has 0 bridgehead atoms. The molecule has 3 nitrogen and oxygen atoms in total. The summed E-state index contributed by atoms with van der Waals surface area (Å²) in [5.74, 6) is -0.648. The van der Waals surface area contributed by atoms with Gasteiger partial charge in [0.15, 0.2) is 0 Å². The van der Waals surface area contributed by atoms with Crippen LogP contribution >= 0.6 is 23.2 Å². The Labute approximate surface area is 92.6 Å². The van der Waals surface area contributed by atoms with Crippen LogP contribution in [0.1, 0.15) is 6.92 Å². The van der Waals surface area contributed by atoms with Crippen molar-refractivity contribution in [1.29, 1.82) is 5.26 Å². The minimum atomic E-state index is -0.680. The Bertz CT molecular complexity index is 302. The molecule has 5 heteroatoms. The molecule has 0 radical (unpaired) electrons. The minimum Gasteiger partial charge on any atom is -0.462 e. The van der Waals surface area contributed by atoms with E-state index in [1.165, 1.54) is 11.6 Å². The van der Waals surface area contributed by atoms with Gasteiger partial charge in [-0.2, -0.15) is 5.26 Å². The Balaban J connectivity index is 5.00. The highest BCUT2D eigenvalue weighted by Crippen LogP contribution is 2.10. The van der Waals surface area contributed by atoms with Gasteiger partial charge >= 0.3 is 5.97 Å². The van der Waals surface area contributed by atoms with E-state index in [-0.39, 0.29) is 18.1 Å². The van der Waals surface area contributed by atoms with Gasteiger partial charge in [0, 0.05) is 11.4 Å². The Morgan fingerprint density at radius 3 is 2.64 bits per heavy atom. The van der Waals surface area contributed by atoms with E-state index in [0.29, 0.717) is 5.57 Å². The highest BCUT2D eigenvalue weighted by molar-refractivity contribution is 6.26. The molecule has 0 aliphatic rings. The number of carbonyl (C=O) groups is 1. The molecule has 0 spiro atoms. The van der Waals surface area contributed by atoms with Crippen LogP contribution in [-0.4, -0.2) is 18.5 Å². The molecule has 0 amide bonds. The summed E-state index contributed by atoms with van der Waals surface area (Å²) in [6, 6.07) is 1.73. The second-order valence-corrected chi connectivity index (χ2v) is 2.68. The van der Waals surface area contributed by atoms with Crippen molar-refractivity contribution in [2.45, 2.75) is 6.92 Å². The lowest BCUT2D eigenvalue weighted by Gasteiger charge is -2.02. The molecule has 0 fully saturated rings. The number of esters is 1. The highest BCUT2D eigenvalue weighted by Gasteiger charge is 2.13. The summed E-state index contributed by atoms with van der Waals surface area (Å²) >= 11 is 10.9. The Morgan fingerprint density at radius 2 is 2.29 bits per heavy atom. The van der Waals surface area contributed by atoms with Crippen LogP contribution in [-0.2, 0) is 9.53 Å². The van der Waals surface area contributed by atoms with E-state index in [1.807, 2.05) is 0 Å². The molecule has 0 aromatic carbocycles. The molecule has 76 valence electrons. The first-order valence-corrected chi connectivity index (χ1v) is 4.81. The van der Waals surface area contributed by atoms with Gasteiger partial charge in [-0.1, -0.05) is 11.6 Å². The molecule has 0 aromatic rings. The molecule has 0 rings (SSSR count). The fourth-order valence-electron chi connectivity index (χ4n) is 0.723. The number of halogens is 2. The van der Waals surface area contributed by atoms with Crippen LogP contribution in [0.15, 0.2) is 22.8 Å². The van der Waals surface area contributed by atoms with Crippen LogP contribution in [0.25, 0.3) is 0 Å². The zero-order valence-electron chi connectivity index (χ0n) is 7.59. The van der Waals surface area contributed by atoms with Gasteiger partial charge in [0.05, 0.1) is 6.61 Å². The normalized spacial score (nSPS) is 12.1. The molecule has 0 aliphatic carbocycles. The zero-order valence-corrected chi connectivity index (χ0v) is 9.10. The van der Waals surface area contributed by atoms with Crippen LogP contribution in [0.4, 0.5) is 0 Å². The molecule has 0 aromatic heterocycles. The van der Waals surface area contributed by atoms with Crippen LogP contribution in [0.2, 0.25) is 0 Å². The number of nitrogens with zero attached hydrogens (tertiary/aromatic N) is 1. The molecular formula is C9H9Cl2NO2. The molecule has 0 atom stereocenters. The van der Waals surface area contributed by atoms with E-state index in [2.05, 4.69) is 4.74 Å². The van der Waals surface area contributed by atoms with Crippen molar-refractivity contribution in [2.24, 2.45) is 0 Å². The zero-order chi connectivity index (χ0) is 11.0. The average Bonchev–Trinajstić information content (AvgIpc) is 2.18. The van der Waals surface area contributed by atoms with Gasteiger partial charge in [-0.25, -0.2) is 4.79 Å². The number of hydrogen-bond acceptors (Lipinski definition) is 3. The first kappa shape index (κ1) is 13.0. The Hall–Kier alpha value is -0.980. The van der Waals surface area contributed by atoms with Crippen molar-refractivity contribution in [1.82, 2.24) is 0 Å². The van der Waals surface area contributed by atoms with Gasteiger partial charge in [-0.05, 0) is 18.6 Å². The van der Waals surface area contributed by atoms with Crippen molar-refractivity contribution >= 4 is 29.2 Å². The second kappa shape index (κ2) is 7.43. The van der Waals surface area contributed by atoms with Crippen molar-refractivity contribution in [3.63, 3.8) is 0 Å². The molecule has 0 saturated heterocycles. The average molecular weight is 234 g/mol. The number of carbonyl (C=O) groups excluding carboxylic acids is 1. The van der Waals surface area contributed by atoms with E-state index in [1.54, 1.807) is 13.0 Å². The quantitative estimate of drug-likeness (QED) is 0.246. The van der Waals surface area contributed by atoms with Gasteiger partial charge in [0.25, 0.3) is 0 Å². The van der Waals surface area contributed by atoms with Gasteiger partial charge in [0.2, 0.25) is 0 Å². The number of rotatable bonds is 4. The molecule has 0 heterocycles. The summed E-state index contributed by atoms with van der Waals surface area (Å²) in [5.41, 5.74) is 1.43. The summed E-state index contributed by atoms with van der Waals surface area (Å²) < 4.78 is 4.67. The number of hydrogen-bond donors (Lipinski definition) is 0.